The summed E-state index contributed by atoms with van der Waals surface area (Å²) >= 11 is 0. The van der Waals surface area contributed by atoms with Gasteiger partial charge in [-0.25, -0.2) is 0 Å². The van der Waals surface area contributed by atoms with Gasteiger partial charge in [0.05, 0.1) is 7.11 Å². The van der Waals surface area contributed by atoms with E-state index in [0.717, 1.165) is 16.5 Å². The van der Waals surface area contributed by atoms with Crippen molar-refractivity contribution in [3.63, 3.8) is 0 Å². The van der Waals surface area contributed by atoms with Crippen molar-refractivity contribution in [2.45, 2.75) is 19.8 Å². The number of fused-ring (bicyclic) bond motifs is 1. The number of carbonyl (C=O) groups is 2. The molecular weight excluding hydrogens is 304 g/mol. The van der Waals surface area contributed by atoms with Crippen LogP contribution in [0.2, 0.25) is 0 Å². The maximum Gasteiger partial charge on any atom is 0.305 e. The molecule has 0 N–H and O–H groups in total. The van der Waals surface area contributed by atoms with E-state index < -0.39 is 0 Å². The van der Waals surface area contributed by atoms with Gasteiger partial charge in [0.1, 0.15) is 5.58 Å². The van der Waals surface area contributed by atoms with Gasteiger partial charge in [-0.05, 0) is 25.5 Å². The van der Waals surface area contributed by atoms with Crippen LogP contribution in [0.3, 0.4) is 0 Å². The van der Waals surface area contributed by atoms with Crippen LogP contribution in [-0.4, -0.2) is 18.9 Å². The summed E-state index contributed by atoms with van der Waals surface area (Å²) in [4.78, 5) is 24.3. The van der Waals surface area contributed by atoms with Crippen LogP contribution >= 0.6 is 0 Å². The summed E-state index contributed by atoms with van der Waals surface area (Å²) in [5, 5.41) is 0.873. The Morgan fingerprint density at radius 3 is 2.54 bits per heavy atom. The molecule has 0 saturated heterocycles. The van der Waals surface area contributed by atoms with Crippen LogP contribution in [0.15, 0.2) is 52.9 Å². The Balaban J connectivity index is 2.08. The topological polar surface area (TPSA) is 56.5 Å². The molecule has 0 aliphatic carbocycles. The lowest BCUT2D eigenvalue weighted by Crippen LogP contribution is -2.06. The van der Waals surface area contributed by atoms with Crippen LogP contribution in [0, 0.1) is 6.92 Å². The number of ether oxygens (including phenoxy) is 1. The largest absolute Gasteiger partial charge is 0.469 e. The summed E-state index contributed by atoms with van der Waals surface area (Å²) in [7, 11) is 1.36. The molecule has 0 radical (unpaired) electrons. The molecule has 24 heavy (non-hydrogen) atoms. The van der Waals surface area contributed by atoms with Gasteiger partial charge in [0.2, 0.25) is 5.78 Å². The number of esters is 1. The molecule has 1 heterocycles. The predicted octanol–water partition coefficient (Wildman–Crippen LogP) is 4.08. The molecule has 2 aromatic carbocycles. The van der Waals surface area contributed by atoms with E-state index in [-0.39, 0.29) is 18.2 Å². The lowest BCUT2D eigenvalue weighted by molar-refractivity contribution is -0.140. The molecule has 0 fully saturated rings. The second-order valence-electron chi connectivity index (χ2n) is 5.68. The zero-order valence-corrected chi connectivity index (χ0v) is 13.7. The second-order valence-corrected chi connectivity index (χ2v) is 5.68. The minimum absolute atomic E-state index is 0.177. The number of aryl methyl sites for hydroxylation is 2. The van der Waals surface area contributed by atoms with Crippen molar-refractivity contribution in [3.8, 4) is 0 Å². The van der Waals surface area contributed by atoms with Crippen LogP contribution in [0.1, 0.15) is 33.7 Å². The van der Waals surface area contributed by atoms with E-state index in [1.807, 2.05) is 43.3 Å². The number of carbonyl (C=O) groups excluding carboxylic acids is 2. The molecule has 0 amide bonds. The fourth-order valence-corrected chi connectivity index (χ4v) is 2.74. The summed E-state index contributed by atoms with van der Waals surface area (Å²) in [6.07, 6.45) is 0.602. The summed E-state index contributed by atoms with van der Waals surface area (Å²) in [5.74, 6) is -0.190. The summed E-state index contributed by atoms with van der Waals surface area (Å²) in [6, 6.07) is 14.8. The maximum absolute atomic E-state index is 12.8. The summed E-state index contributed by atoms with van der Waals surface area (Å²) < 4.78 is 10.5. The highest BCUT2D eigenvalue weighted by molar-refractivity contribution is 6.10. The fraction of sp³-hybridized carbons (Fsp3) is 0.200. The van der Waals surface area contributed by atoms with E-state index in [1.165, 1.54) is 7.11 Å². The normalized spacial score (nSPS) is 10.8. The Morgan fingerprint density at radius 2 is 1.83 bits per heavy atom. The number of hydrogen-bond donors (Lipinski definition) is 0. The third-order valence-corrected chi connectivity index (χ3v) is 4.00. The quantitative estimate of drug-likeness (QED) is 0.525. The van der Waals surface area contributed by atoms with Gasteiger partial charge in [-0.3, -0.25) is 9.59 Å². The molecule has 0 aliphatic rings. The maximum atomic E-state index is 12.8. The summed E-state index contributed by atoms with van der Waals surface area (Å²) in [5.41, 5.74) is 3.04. The number of ketones is 1. The first kappa shape index (κ1) is 16.0. The number of furan rings is 1. The average Bonchev–Trinajstić information content (AvgIpc) is 2.97. The standard InChI is InChI=1S/C20H18O4/c1-13-8-10-17-16(12-13)15(9-11-18(21)23-2)20(24-17)19(22)14-6-4-3-5-7-14/h3-8,10,12H,9,11H2,1-2H3. The zero-order valence-electron chi connectivity index (χ0n) is 13.7. The van der Waals surface area contributed by atoms with E-state index in [9.17, 15) is 9.59 Å². The molecule has 3 aromatic rings. The molecule has 0 aliphatic heterocycles. The second kappa shape index (κ2) is 6.71. The Kier molecular flexibility index (Phi) is 4.47. The average molecular weight is 322 g/mol. The molecule has 122 valence electrons. The monoisotopic (exact) mass is 322 g/mol. The Bertz CT molecular complexity index is 891. The van der Waals surface area contributed by atoms with Crippen LogP contribution in [0.5, 0.6) is 0 Å². The molecule has 0 unspecified atom stereocenters. The highest BCUT2D eigenvalue weighted by atomic mass is 16.5. The van der Waals surface area contributed by atoms with Crippen molar-refractivity contribution in [3.05, 3.63) is 71.0 Å². The molecule has 4 nitrogen and oxygen atoms in total. The number of benzene rings is 2. The highest BCUT2D eigenvalue weighted by Gasteiger charge is 2.22. The van der Waals surface area contributed by atoms with Gasteiger partial charge in [-0.1, -0.05) is 42.0 Å². The highest BCUT2D eigenvalue weighted by Crippen LogP contribution is 2.30. The van der Waals surface area contributed by atoms with Gasteiger partial charge in [-0.2, -0.15) is 0 Å². The first-order valence-corrected chi connectivity index (χ1v) is 7.78. The van der Waals surface area contributed by atoms with Crippen molar-refractivity contribution in [2.24, 2.45) is 0 Å². The van der Waals surface area contributed by atoms with Crippen molar-refractivity contribution < 1.29 is 18.7 Å². The molecule has 4 heteroatoms. The van der Waals surface area contributed by atoms with Crippen LogP contribution in [-0.2, 0) is 16.0 Å². The van der Waals surface area contributed by atoms with E-state index in [0.29, 0.717) is 23.3 Å². The molecule has 0 atom stereocenters. The molecule has 0 spiro atoms. The molecule has 0 bridgehead atoms. The van der Waals surface area contributed by atoms with Gasteiger partial charge in [-0.15, -0.1) is 0 Å². The lowest BCUT2D eigenvalue weighted by atomic mass is 9.99. The van der Waals surface area contributed by atoms with Crippen LogP contribution < -0.4 is 0 Å². The number of hydrogen-bond acceptors (Lipinski definition) is 4. The number of methoxy groups -OCH3 is 1. The molecule has 1 aromatic heterocycles. The molecule has 3 rings (SSSR count). The third-order valence-electron chi connectivity index (χ3n) is 4.00. The van der Waals surface area contributed by atoms with Crippen molar-refractivity contribution >= 4 is 22.7 Å². The van der Waals surface area contributed by atoms with E-state index in [4.69, 9.17) is 9.15 Å². The predicted molar refractivity (Wildman–Crippen MR) is 91.2 cm³/mol. The van der Waals surface area contributed by atoms with Crippen molar-refractivity contribution in [2.75, 3.05) is 7.11 Å². The number of rotatable bonds is 5. The van der Waals surface area contributed by atoms with Gasteiger partial charge < -0.3 is 9.15 Å². The minimum Gasteiger partial charge on any atom is -0.469 e. The van der Waals surface area contributed by atoms with Gasteiger partial charge in [0, 0.05) is 22.9 Å². The first-order chi connectivity index (χ1) is 11.6. The van der Waals surface area contributed by atoms with Crippen LogP contribution in [0.4, 0.5) is 0 Å². The van der Waals surface area contributed by atoms with E-state index in [2.05, 4.69) is 0 Å². The van der Waals surface area contributed by atoms with Gasteiger partial charge >= 0.3 is 5.97 Å². The Hall–Kier alpha value is -2.88. The Labute approximate surface area is 140 Å². The first-order valence-electron chi connectivity index (χ1n) is 7.78. The lowest BCUT2D eigenvalue weighted by Gasteiger charge is -2.03. The zero-order chi connectivity index (χ0) is 17.1. The minimum atomic E-state index is -0.310. The molecular formula is C20H18O4. The van der Waals surface area contributed by atoms with Gasteiger partial charge in [0.15, 0.2) is 5.76 Å². The Morgan fingerprint density at radius 1 is 1.08 bits per heavy atom. The van der Waals surface area contributed by atoms with Crippen molar-refractivity contribution in [1.82, 2.24) is 0 Å². The van der Waals surface area contributed by atoms with Gasteiger partial charge in [0.25, 0.3) is 0 Å². The third kappa shape index (κ3) is 3.08. The smallest absolute Gasteiger partial charge is 0.305 e. The van der Waals surface area contributed by atoms with Crippen molar-refractivity contribution in [1.29, 1.82) is 0 Å². The van der Waals surface area contributed by atoms with E-state index in [1.54, 1.807) is 12.1 Å². The molecule has 0 saturated carbocycles. The SMILES string of the molecule is COC(=O)CCc1c(C(=O)c2ccccc2)oc2ccc(C)cc12. The fourth-order valence-electron chi connectivity index (χ4n) is 2.74. The van der Waals surface area contributed by atoms with E-state index >= 15 is 0 Å². The summed E-state index contributed by atoms with van der Waals surface area (Å²) in [6.45, 7) is 1.98. The van der Waals surface area contributed by atoms with Crippen LogP contribution in [0.25, 0.3) is 11.0 Å².